The van der Waals surface area contributed by atoms with Crippen molar-refractivity contribution in [3.63, 3.8) is 0 Å². The second-order valence-electron chi connectivity index (χ2n) is 7.12. The highest BCUT2D eigenvalue weighted by molar-refractivity contribution is 7.89. The van der Waals surface area contributed by atoms with E-state index in [1.54, 1.807) is 22.6 Å². The Bertz CT molecular complexity index is 830. The van der Waals surface area contributed by atoms with E-state index < -0.39 is 10.0 Å². The number of hydrogen-bond donors (Lipinski definition) is 0. The predicted molar refractivity (Wildman–Crippen MR) is 108 cm³/mol. The van der Waals surface area contributed by atoms with Crippen LogP contribution < -0.4 is 0 Å². The van der Waals surface area contributed by atoms with Gasteiger partial charge >= 0.3 is 0 Å². The number of likely N-dealkylation sites (N-methyl/N-ethyl adjacent to an activating group) is 1. The Morgan fingerprint density at radius 3 is 2.42 bits per heavy atom. The first-order valence-electron chi connectivity index (χ1n) is 9.37. The maximum atomic E-state index is 13.4. The summed E-state index contributed by atoms with van der Waals surface area (Å²) < 4.78 is 28.5. The number of aryl methyl sites for hydroxylation is 1. The lowest BCUT2D eigenvalue weighted by atomic mass is 10.2. The van der Waals surface area contributed by atoms with Gasteiger partial charge < -0.3 is 4.90 Å². The molecule has 1 aromatic heterocycles. The molecule has 0 N–H and O–H groups in total. The highest BCUT2D eigenvalue weighted by Gasteiger charge is 2.27. The molecule has 1 heterocycles. The molecule has 0 aliphatic rings. The van der Waals surface area contributed by atoms with Crippen LogP contribution in [-0.2, 0) is 10.0 Å². The first kappa shape index (κ1) is 20.8. The van der Waals surface area contributed by atoms with Crippen LogP contribution >= 0.6 is 0 Å². The first-order chi connectivity index (χ1) is 12.3. The number of para-hydroxylation sites is 1. The molecule has 6 heteroatoms. The maximum Gasteiger partial charge on any atom is 0.245 e. The summed E-state index contributed by atoms with van der Waals surface area (Å²) in [6.07, 6.45) is 1.73. The molecule has 2 aromatic rings. The molecule has 26 heavy (non-hydrogen) atoms. The molecule has 0 saturated carbocycles. The third-order valence-electron chi connectivity index (χ3n) is 4.56. The second kappa shape index (κ2) is 8.93. The summed E-state index contributed by atoms with van der Waals surface area (Å²) in [4.78, 5) is 6.96. The summed E-state index contributed by atoms with van der Waals surface area (Å²) in [5, 5.41) is 0.860. The van der Waals surface area contributed by atoms with Gasteiger partial charge in [-0.15, -0.1) is 0 Å². The van der Waals surface area contributed by atoms with Gasteiger partial charge in [-0.2, -0.15) is 4.31 Å². The third kappa shape index (κ3) is 4.81. The van der Waals surface area contributed by atoms with Crippen LogP contribution in [0.5, 0.6) is 0 Å². The summed E-state index contributed by atoms with van der Waals surface area (Å²) in [5.74, 6) is 0.256. The molecule has 0 atom stereocenters. The van der Waals surface area contributed by atoms with Crippen molar-refractivity contribution in [1.82, 2.24) is 14.2 Å². The summed E-state index contributed by atoms with van der Waals surface area (Å²) in [6.45, 7) is 13.8. The minimum atomic E-state index is -3.60. The predicted octanol–water partition coefficient (Wildman–Crippen LogP) is 3.53. The van der Waals surface area contributed by atoms with Gasteiger partial charge in [0.25, 0.3) is 0 Å². The molecule has 0 amide bonds. The summed E-state index contributed by atoms with van der Waals surface area (Å²) >= 11 is 0. The molecule has 0 bridgehead atoms. The van der Waals surface area contributed by atoms with Crippen molar-refractivity contribution in [2.75, 3.05) is 32.7 Å². The number of hydrogen-bond acceptors (Lipinski definition) is 4. The summed E-state index contributed by atoms with van der Waals surface area (Å²) in [7, 11) is -3.60. The fourth-order valence-electron chi connectivity index (χ4n) is 3.10. The summed E-state index contributed by atoms with van der Waals surface area (Å²) in [6, 6.07) is 7.36. The first-order valence-corrected chi connectivity index (χ1v) is 10.8. The normalized spacial score (nSPS) is 12.6. The molecular formula is C20H31N3O2S. The number of pyridine rings is 1. The number of aromatic nitrogens is 1. The molecule has 0 radical (unpaired) electrons. The third-order valence-corrected chi connectivity index (χ3v) is 6.45. The van der Waals surface area contributed by atoms with Gasteiger partial charge in [-0.05, 0) is 43.6 Å². The van der Waals surface area contributed by atoms with Gasteiger partial charge in [0.05, 0.1) is 5.52 Å². The van der Waals surface area contributed by atoms with Crippen LogP contribution in [-0.4, -0.2) is 55.3 Å². The van der Waals surface area contributed by atoms with Crippen molar-refractivity contribution >= 4 is 20.9 Å². The molecule has 5 nitrogen and oxygen atoms in total. The van der Waals surface area contributed by atoms with E-state index in [0.717, 1.165) is 30.6 Å². The second-order valence-corrected chi connectivity index (χ2v) is 9.03. The van der Waals surface area contributed by atoms with Gasteiger partial charge in [0, 0.05) is 31.2 Å². The van der Waals surface area contributed by atoms with E-state index in [4.69, 9.17) is 0 Å². The molecule has 2 rings (SSSR count). The van der Waals surface area contributed by atoms with Gasteiger partial charge in [0.15, 0.2) is 0 Å². The lowest BCUT2D eigenvalue weighted by Gasteiger charge is -2.27. The van der Waals surface area contributed by atoms with Crippen LogP contribution in [0.4, 0.5) is 0 Å². The van der Waals surface area contributed by atoms with Crippen molar-refractivity contribution in [3.05, 3.63) is 36.0 Å². The van der Waals surface area contributed by atoms with Gasteiger partial charge in [-0.3, -0.25) is 4.98 Å². The van der Waals surface area contributed by atoms with Crippen molar-refractivity contribution in [1.29, 1.82) is 0 Å². The zero-order valence-electron chi connectivity index (χ0n) is 16.6. The molecule has 0 fully saturated rings. The van der Waals surface area contributed by atoms with Gasteiger partial charge in [0.2, 0.25) is 10.0 Å². The molecule has 0 saturated heterocycles. The number of sulfonamides is 1. The molecule has 0 aliphatic heterocycles. The Kier molecular flexibility index (Phi) is 7.15. The smallest absolute Gasteiger partial charge is 0.245 e. The molecule has 0 unspecified atom stereocenters. The zero-order valence-corrected chi connectivity index (χ0v) is 17.4. The summed E-state index contributed by atoms with van der Waals surface area (Å²) in [5.41, 5.74) is 1.57. The Hall–Kier alpha value is -1.50. The molecule has 0 spiro atoms. The quantitative estimate of drug-likeness (QED) is 0.671. The Balaban J connectivity index is 2.43. The molecular weight excluding hydrogens is 346 g/mol. The number of nitrogens with zero attached hydrogens (tertiary/aromatic N) is 3. The van der Waals surface area contributed by atoms with Crippen LogP contribution in [0.1, 0.15) is 33.3 Å². The van der Waals surface area contributed by atoms with E-state index in [2.05, 4.69) is 23.7 Å². The Labute approximate surface area is 158 Å². The average molecular weight is 378 g/mol. The lowest BCUT2D eigenvalue weighted by molar-refractivity contribution is 0.262. The van der Waals surface area contributed by atoms with Gasteiger partial charge in [0.1, 0.15) is 4.90 Å². The number of rotatable bonds is 9. The van der Waals surface area contributed by atoms with Crippen molar-refractivity contribution < 1.29 is 8.42 Å². The Morgan fingerprint density at radius 2 is 1.81 bits per heavy atom. The lowest BCUT2D eigenvalue weighted by Crippen LogP contribution is -2.40. The largest absolute Gasteiger partial charge is 0.303 e. The average Bonchev–Trinajstić information content (AvgIpc) is 2.60. The van der Waals surface area contributed by atoms with E-state index in [0.29, 0.717) is 23.5 Å². The number of benzene rings is 1. The van der Waals surface area contributed by atoms with Crippen LogP contribution in [0.25, 0.3) is 10.9 Å². The van der Waals surface area contributed by atoms with E-state index in [1.807, 2.05) is 32.9 Å². The van der Waals surface area contributed by atoms with Crippen LogP contribution in [0.15, 0.2) is 35.4 Å². The molecule has 144 valence electrons. The Morgan fingerprint density at radius 1 is 1.12 bits per heavy atom. The van der Waals surface area contributed by atoms with Crippen LogP contribution in [0.3, 0.4) is 0 Å². The standard InChI is InChI=1S/C20H31N3O2S/c1-6-22(7-2)11-12-23(15-16(3)4)26(24,25)19-10-8-9-18-13-17(5)14-21-20(18)19/h8-10,13-14,16H,6-7,11-12,15H2,1-5H3. The minimum absolute atomic E-state index is 0.256. The topological polar surface area (TPSA) is 53.5 Å². The van der Waals surface area contributed by atoms with Gasteiger partial charge in [-0.1, -0.05) is 39.8 Å². The van der Waals surface area contributed by atoms with Gasteiger partial charge in [-0.25, -0.2) is 8.42 Å². The fraction of sp³-hybridized carbons (Fsp3) is 0.550. The SMILES string of the molecule is CCN(CC)CCN(CC(C)C)S(=O)(=O)c1cccc2cc(C)cnc12. The van der Waals surface area contributed by atoms with Crippen LogP contribution in [0.2, 0.25) is 0 Å². The zero-order chi connectivity index (χ0) is 19.3. The number of fused-ring (bicyclic) bond motifs is 1. The van der Waals surface area contributed by atoms with Crippen molar-refractivity contribution in [2.45, 2.75) is 39.5 Å². The van der Waals surface area contributed by atoms with Crippen molar-refractivity contribution in [3.8, 4) is 0 Å². The fourth-order valence-corrected chi connectivity index (χ4v) is 4.86. The van der Waals surface area contributed by atoms with E-state index in [9.17, 15) is 8.42 Å². The molecule has 1 aromatic carbocycles. The molecule has 0 aliphatic carbocycles. The highest BCUT2D eigenvalue weighted by atomic mass is 32.2. The van der Waals surface area contributed by atoms with E-state index in [-0.39, 0.29) is 5.92 Å². The van der Waals surface area contributed by atoms with Crippen molar-refractivity contribution in [2.24, 2.45) is 5.92 Å². The highest BCUT2D eigenvalue weighted by Crippen LogP contribution is 2.25. The monoisotopic (exact) mass is 377 g/mol. The van der Waals surface area contributed by atoms with E-state index in [1.165, 1.54) is 0 Å². The van der Waals surface area contributed by atoms with Crippen LogP contribution in [0, 0.1) is 12.8 Å². The maximum absolute atomic E-state index is 13.4. The minimum Gasteiger partial charge on any atom is -0.303 e. The van der Waals surface area contributed by atoms with E-state index >= 15 is 0 Å².